The Kier molecular flexibility index (Phi) is 8.26. The zero-order chi connectivity index (χ0) is 15.9. The fraction of sp³-hybridized carbons (Fsp3) is 0.917. The number of esters is 1. The van der Waals surface area contributed by atoms with E-state index in [0.29, 0.717) is 13.1 Å². The summed E-state index contributed by atoms with van der Waals surface area (Å²) in [6.45, 7) is 4.81. The average molecular weight is 309 g/mol. The van der Waals surface area contributed by atoms with E-state index in [1.165, 1.54) is 22.8 Å². The van der Waals surface area contributed by atoms with E-state index in [1.54, 1.807) is 6.92 Å². The lowest BCUT2D eigenvalue weighted by molar-refractivity contribution is -0.140. The van der Waals surface area contributed by atoms with Gasteiger partial charge in [0.2, 0.25) is 0 Å². The van der Waals surface area contributed by atoms with Crippen molar-refractivity contribution >= 4 is 16.2 Å². The molecule has 1 atom stereocenters. The van der Waals surface area contributed by atoms with Crippen LogP contribution in [0.2, 0.25) is 0 Å². The highest BCUT2D eigenvalue weighted by molar-refractivity contribution is 7.86. The summed E-state index contributed by atoms with van der Waals surface area (Å²) in [5, 5.41) is 0. The third-order valence-corrected chi connectivity index (χ3v) is 5.16. The van der Waals surface area contributed by atoms with Crippen LogP contribution in [-0.2, 0) is 19.7 Å². The van der Waals surface area contributed by atoms with Gasteiger partial charge in [0.1, 0.15) is 0 Å². The maximum Gasteiger partial charge on any atom is 0.306 e. The van der Waals surface area contributed by atoms with Gasteiger partial charge in [-0.2, -0.15) is 17.0 Å². The zero-order valence-corrected chi connectivity index (χ0v) is 14.1. The van der Waals surface area contributed by atoms with Gasteiger partial charge in [-0.05, 0) is 21.0 Å². The second kappa shape index (κ2) is 8.56. The van der Waals surface area contributed by atoms with Gasteiger partial charge >= 0.3 is 5.97 Å². The predicted molar refractivity (Wildman–Crippen MR) is 78.6 cm³/mol. The average Bonchev–Trinajstić information content (AvgIpc) is 2.34. The maximum absolute atomic E-state index is 12.5. The molecular weight excluding hydrogens is 282 g/mol. The van der Waals surface area contributed by atoms with Crippen molar-refractivity contribution < 1.29 is 17.9 Å². The molecule has 0 aliphatic heterocycles. The van der Waals surface area contributed by atoms with Crippen LogP contribution in [0.5, 0.6) is 0 Å². The molecule has 0 heterocycles. The van der Waals surface area contributed by atoms with Crippen LogP contribution < -0.4 is 0 Å². The van der Waals surface area contributed by atoms with E-state index in [9.17, 15) is 13.2 Å². The first-order valence-electron chi connectivity index (χ1n) is 6.61. The van der Waals surface area contributed by atoms with Crippen molar-refractivity contribution in [1.29, 1.82) is 0 Å². The largest absolute Gasteiger partial charge is 0.469 e. The topological polar surface area (TPSA) is 70.2 Å². The summed E-state index contributed by atoms with van der Waals surface area (Å²) in [6, 6.07) is -0.138. The molecule has 20 heavy (non-hydrogen) atoms. The Balaban J connectivity index is 4.83. The molecule has 0 aromatic rings. The minimum atomic E-state index is -3.57. The first kappa shape index (κ1) is 19.3. The van der Waals surface area contributed by atoms with Gasteiger partial charge in [-0.15, -0.1) is 0 Å². The molecule has 0 fully saturated rings. The Labute approximate surface area is 122 Å². The monoisotopic (exact) mass is 309 g/mol. The first-order valence-corrected chi connectivity index (χ1v) is 8.01. The molecule has 120 valence electrons. The zero-order valence-electron chi connectivity index (χ0n) is 13.3. The number of nitrogens with zero attached hydrogens (tertiary/aromatic N) is 3. The first-order chi connectivity index (χ1) is 9.16. The van der Waals surface area contributed by atoms with Crippen molar-refractivity contribution in [2.75, 3.05) is 47.9 Å². The summed E-state index contributed by atoms with van der Waals surface area (Å²) in [7, 11) is 3.00. The lowest BCUT2D eigenvalue weighted by atomic mass is 10.3. The minimum Gasteiger partial charge on any atom is -0.469 e. The van der Waals surface area contributed by atoms with Crippen molar-refractivity contribution in [3.63, 3.8) is 0 Å². The summed E-state index contributed by atoms with van der Waals surface area (Å²) in [6.07, 6.45) is 0.0475. The SMILES string of the molecule is CCN(C(C)CN(C)C)S(=O)(=O)N(C)CCC(=O)OC. The quantitative estimate of drug-likeness (QED) is 0.561. The van der Waals surface area contributed by atoms with Gasteiger partial charge < -0.3 is 9.64 Å². The number of methoxy groups -OCH3 is 1. The van der Waals surface area contributed by atoms with Gasteiger partial charge in [-0.25, -0.2) is 0 Å². The molecule has 0 aliphatic rings. The van der Waals surface area contributed by atoms with E-state index in [2.05, 4.69) is 4.74 Å². The van der Waals surface area contributed by atoms with Gasteiger partial charge in [0.05, 0.1) is 13.5 Å². The van der Waals surface area contributed by atoms with Crippen LogP contribution in [0.15, 0.2) is 0 Å². The number of hydrogen-bond donors (Lipinski definition) is 0. The Bertz CT molecular complexity index is 398. The molecule has 0 bridgehead atoms. The Morgan fingerprint density at radius 1 is 1.25 bits per heavy atom. The smallest absolute Gasteiger partial charge is 0.306 e. The van der Waals surface area contributed by atoms with Gasteiger partial charge in [-0.1, -0.05) is 6.92 Å². The van der Waals surface area contributed by atoms with Crippen LogP contribution in [-0.4, -0.2) is 81.8 Å². The van der Waals surface area contributed by atoms with E-state index in [-0.39, 0.29) is 19.0 Å². The molecule has 0 aliphatic carbocycles. The third kappa shape index (κ3) is 5.74. The van der Waals surface area contributed by atoms with E-state index >= 15 is 0 Å². The summed E-state index contributed by atoms with van der Waals surface area (Å²) >= 11 is 0. The van der Waals surface area contributed by atoms with E-state index in [0.717, 1.165) is 0 Å². The van der Waals surface area contributed by atoms with Crippen molar-refractivity contribution in [1.82, 2.24) is 13.5 Å². The molecule has 0 aromatic carbocycles. The molecule has 0 saturated carbocycles. The molecule has 1 unspecified atom stereocenters. The summed E-state index contributed by atoms with van der Waals surface area (Å²) in [5.74, 6) is -0.420. The molecular formula is C12H27N3O4S. The number of likely N-dealkylation sites (N-methyl/N-ethyl adjacent to an activating group) is 2. The van der Waals surface area contributed by atoms with E-state index in [4.69, 9.17) is 0 Å². The highest BCUT2D eigenvalue weighted by Crippen LogP contribution is 2.12. The van der Waals surface area contributed by atoms with Crippen LogP contribution in [0, 0.1) is 0 Å². The van der Waals surface area contributed by atoms with Crippen molar-refractivity contribution in [3.05, 3.63) is 0 Å². The molecule has 0 aromatic heterocycles. The summed E-state index contributed by atoms with van der Waals surface area (Å²) in [5.41, 5.74) is 0. The standard InChI is InChI=1S/C12H27N3O4S/c1-7-15(11(2)10-13(3)4)20(17,18)14(5)9-8-12(16)19-6/h11H,7-10H2,1-6H3. The molecule has 0 radical (unpaired) electrons. The highest BCUT2D eigenvalue weighted by Gasteiger charge is 2.30. The van der Waals surface area contributed by atoms with Gasteiger partial charge in [0.15, 0.2) is 0 Å². The van der Waals surface area contributed by atoms with Crippen molar-refractivity contribution in [3.8, 4) is 0 Å². The van der Waals surface area contributed by atoms with Crippen LogP contribution in [0.1, 0.15) is 20.3 Å². The highest BCUT2D eigenvalue weighted by atomic mass is 32.2. The second-order valence-electron chi connectivity index (χ2n) is 4.97. The fourth-order valence-electron chi connectivity index (χ4n) is 1.97. The van der Waals surface area contributed by atoms with Crippen LogP contribution >= 0.6 is 0 Å². The maximum atomic E-state index is 12.5. The Morgan fingerprint density at radius 3 is 2.20 bits per heavy atom. The number of carbonyl (C=O) groups excluding carboxylic acids is 1. The van der Waals surface area contributed by atoms with Crippen LogP contribution in [0.4, 0.5) is 0 Å². The number of rotatable bonds is 9. The Hall–Kier alpha value is -0.700. The van der Waals surface area contributed by atoms with Crippen LogP contribution in [0.3, 0.4) is 0 Å². The Morgan fingerprint density at radius 2 is 1.80 bits per heavy atom. The molecule has 0 N–H and O–H groups in total. The molecule has 0 spiro atoms. The van der Waals surface area contributed by atoms with Gasteiger partial charge in [-0.3, -0.25) is 4.79 Å². The number of hydrogen-bond acceptors (Lipinski definition) is 5. The molecule has 0 rings (SSSR count). The molecule has 0 amide bonds. The summed E-state index contributed by atoms with van der Waals surface area (Å²) in [4.78, 5) is 13.0. The van der Waals surface area contributed by atoms with Gasteiger partial charge in [0, 0.05) is 32.7 Å². The normalized spacial score (nSPS) is 14.1. The second-order valence-corrected chi connectivity index (χ2v) is 6.96. The lowest BCUT2D eigenvalue weighted by Gasteiger charge is -2.32. The van der Waals surface area contributed by atoms with E-state index < -0.39 is 16.2 Å². The minimum absolute atomic E-state index is 0.0475. The molecule has 8 heteroatoms. The molecule has 7 nitrogen and oxygen atoms in total. The fourth-order valence-corrected chi connectivity index (χ4v) is 3.49. The lowest BCUT2D eigenvalue weighted by Crippen LogP contribution is -2.49. The van der Waals surface area contributed by atoms with Crippen molar-refractivity contribution in [2.24, 2.45) is 0 Å². The molecule has 0 saturated heterocycles. The van der Waals surface area contributed by atoms with Gasteiger partial charge in [0.25, 0.3) is 10.2 Å². The van der Waals surface area contributed by atoms with Crippen LogP contribution in [0.25, 0.3) is 0 Å². The number of carbonyl (C=O) groups is 1. The van der Waals surface area contributed by atoms with E-state index in [1.807, 2.05) is 25.9 Å². The summed E-state index contributed by atoms with van der Waals surface area (Å²) < 4.78 is 32.1. The van der Waals surface area contributed by atoms with Crippen molar-refractivity contribution in [2.45, 2.75) is 26.3 Å². The third-order valence-electron chi connectivity index (χ3n) is 2.98. The number of ether oxygens (including phenoxy) is 1. The predicted octanol–water partition coefficient (Wildman–Crippen LogP) is -0.00190.